The molecule has 0 unspecified atom stereocenters. The molecule has 70 valence electrons. The van der Waals surface area contributed by atoms with Crippen molar-refractivity contribution >= 4 is 11.8 Å². The van der Waals surface area contributed by atoms with E-state index in [1.54, 1.807) is 27.1 Å². The summed E-state index contributed by atoms with van der Waals surface area (Å²) >= 11 is 0. The van der Waals surface area contributed by atoms with Gasteiger partial charge in [0.25, 0.3) is 0 Å². The van der Waals surface area contributed by atoms with Gasteiger partial charge in [-0.2, -0.15) is 0 Å². The van der Waals surface area contributed by atoms with E-state index in [1.165, 1.54) is 17.9 Å². The third kappa shape index (κ3) is 15.9. The van der Waals surface area contributed by atoms with Gasteiger partial charge in [-0.1, -0.05) is 6.08 Å². The number of allylic oxidation sites excluding steroid dienone is 1. The predicted molar refractivity (Wildman–Crippen MR) is 48.4 cm³/mol. The average molecular weight is 172 g/mol. The van der Waals surface area contributed by atoms with Gasteiger partial charge in [0.05, 0.1) is 0 Å². The summed E-state index contributed by atoms with van der Waals surface area (Å²) in [6.45, 7) is 3.27. The fourth-order valence-electron chi connectivity index (χ4n) is 0.164. The van der Waals surface area contributed by atoms with Gasteiger partial charge < -0.3 is 10.6 Å². The summed E-state index contributed by atoms with van der Waals surface area (Å²) in [4.78, 5) is 21.3. The van der Waals surface area contributed by atoms with E-state index in [-0.39, 0.29) is 5.91 Å². The molecule has 0 saturated heterocycles. The minimum absolute atomic E-state index is 0.0926. The molecule has 0 radical (unpaired) electrons. The van der Waals surface area contributed by atoms with Crippen LogP contribution in [0.25, 0.3) is 0 Å². The second kappa shape index (κ2) is 7.78. The summed E-state index contributed by atoms with van der Waals surface area (Å²) < 4.78 is 0. The highest BCUT2D eigenvalue weighted by Crippen LogP contribution is 1.69. The van der Waals surface area contributed by atoms with Crippen molar-refractivity contribution in [3.8, 4) is 0 Å². The summed E-state index contributed by atoms with van der Waals surface area (Å²) in [6.07, 6.45) is 2.91. The van der Waals surface area contributed by atoms with Crippen molar-refractivity contribution in [2.24, 2.45) is 5.73 Å². The van der Waals surface area contributed by atoms with Crippen molar-refractivity contribution in [1.82, 2.24) is 4.90 Å². The van der Waals surface area contributed by atoms with Crippen molar-refractivity contribution in [2.75, 3.05) is 14.1 Å². The number of nitrogens with two attached hydrogens (primary N) is 1. The maximum atomic E-state index is 10.1. The van der Waals surface area contributed by atoms with Crippen LogP contribution >= 0.6 is 0 Å². The highest BCUT2D eigenvalue weighted by molar-refractivity contribution is 5.85. The van der Waals surface area contributed by atoms with E-state index in [9.17, 15) is 9.59 Å². The van der Waals surface area contributed by atoms with Crippen molar-refractivity contribution in [1.29, 1.82) is 0 Å². The second-order valence-electron chi connectivity index (χ2n) is 2.32. The molecule has 0 aliphatic rings. The third-order valence-corrected chi connectivity index (χ3v) is 0.961. The number of hydrogen-bond donors (Lipinski definition) is 1. The van der Waals surface area contributed by atoms with Crippen LogP contribution in [0.2, 0.25) is 0 Å². The molecule has 0 aliphatic heterocycles. The molecule has 2 N–H and O–H groups in total. The average Bonchev–Trinajstić information content (AvgIpc) is 1.87. The molecule has 12 heavy (non-hydrogen) atoms. The lowest BCUT2D eigenvalue weighted by atomic mass is 10.5. The number of hydrogen-bond acceptors (Lipinski definition) is 2. The molecule has 4 nitrogen and oxygen atoms in total. The highest BCUT2D eigenvalue weighted by Gasteiger charge is 1.87. The van der Waals surface area contributed by atoms with E-state index in [1.807, 2.05) is 0 Å². The van der Waals surface area contributed by atoms with Gasteiger partial charge in [0.2, 0.25) is 11.8 Å². The van der Waals surface area contributed by atoms with E-state index in [2.05, 4.69) is 5.73 Å². The molecule has 0 spiro atoms. The number of amides is 2. The van der Waals surface area contributed by atoms with Crippen LogP contribution < -0.4 is 5.73 Å². The first-order valence-corrected chi connectivity index (χ1v) is 3.51. The lowest BCUT2D eigenvalue weighted by Crippen LogP contribution is -2.17. The normalized spacial score (nSPS) is 8.67. The standard InChI is InChI=1S/C4H9NO.C4H7NO/c1-4(6)5(2)3;1-2-3-4(5)6/h1-3H3;2-3H,1H3,(H2,5,6). The molecule has 0 atom stereocenters. The fourth-order valence-corrected chi connectivity index (χ4v) is 0.164. The van der Waals surface area contributed by atoms with Gasteiger partial charge in [-0.25, -0.2) is 0 Å². The van der Waals surface area contributed by atoms with E-state index in [0.717, 1.165) is 0 Å². The largest absolute Gasteiger partial charge is 0.366 e. The Labute approximate surface area is 73.0 Å². The van der Waals surface area contributed by atoms with Gasteiger partial charge >= 0.3 is 0 Å². The highest BCUT2D eigenvalue weighted by atomic mass is 16.2. The fraction of sp³-hybridized carbons (Fsp3) is 0.500. The Morgan fingerprint density at radius 3 is 1.67 bits per heavy atom. The molecular formula is C8H16N2O2. The molecule has 0 aromatic rings. The van der Waals surface area contributed by atoms with Crippen LogP contribution in [0.1, 0.15) is 13.8 Å². The SMILES string of the molecule is CC(=O)N(C)C.CC=CC(N)=O. The van der Waals surface area contributed by atoms with Gasteiger partial charge in [0.1, 0.15) is 0 Å². The van der Waals surface area contributed by atoms with Gasteiger partial charge in [-0.05, 0) is 13.0 Å². The maximum Gasteiger partial charge on any atom is 0.241 e. The van der Waals surface area contributed by atoms with Crippen LogP contribution in [0, 0.1) is 0 Å². The molecule has 0 aromatic carbocycles. The van der Waals surface area contributed by atoms with Gasteiger partial charge in [-0.3, -0.25) is 9.59 Å². The lowest BCUT2D eigenvalue weighted by molar-refractivity contribution is -0.126. The van der Waals surface area contributed by atoms with Gasteiger partial charge in [0, 0.05) is 21.0 Å². The van der Waals surface area contributed by atoms with E-state index in [0.29, 0.717) is 0 Å². The number of rotatable bonds is 1. The molecule has 0 aromatic heterocycles. The molecule has 0 saturated carbocycles. The molecule has 4 heteroatoms. The first kappa shape index (κ1) is 13.3. The second-order valence-corrected chi connectivity index (χ2v) is 2.32. The molecule has 0 rings (SSSR count). The number of primary amides is 1. The van der Waals surface area contributed by atoms with Crippen LogP contribution in [-0.4, -0.2) is 30.8 Å². The third-order valence-electron chi connectivity index (χ3n) is 0.961. The van der Waals surface area contributed by atoms with Crippen molar-refractivity contribution in [2.45, 2.75) is 13.8 Å². The monoisotopic (exact) mass is 172 g/mol. The number of carbonyl (C=O) groups is 2. The van der Waals surface area contributed by atoms with Gasteiger partial charge in [-0.15, -0.1) is 0 Å². The molecule has 2 amide bonds. The quantitative estimate of drug-likeness (QED) is 0.572. The van der Waals surface area contributed by atoms with Crippen LogP contribution in [0.15, 0.2) is 12.2 Å². The zero-order chi connectivity index (χ0) is 10.1. The molecule has 0 heterocycles. The summed E-state index contributed by atoms with van der Waals surface area (Å²) in [6, 6.07) is 0. The Morgan fingerprint density at radius 2 is 1.67 bits per heavy atom. The van der Waals surface area contributed by atoms with Crippen molar-refractivity contribution < 1.29 is 9.59 Å². The first-order valence-electron chi connectivity index (χ1n) is 3.51. The van der Waals surface area contributed by atoms with Crippen LogP contribution in [-0.2, 0) is 9.59 Å². The first-order chi connectivity index (χ1) is 5.41. The molecule has 0 aliphatic carbocycles. The smallest absolute Gasteiger partial charge is 0.241 e. The molecule has 0 fully saturated rings. The summed E-state index contributed by atoms with van der Waals surface area (Å²) in [5.41, 5.74) is 4.68. The molecule has 0 bridgehead atoms. The van der Waals surface area contributed by atoms with Crippen molar-refractivity contribution in [3.05, 3.63) is 12.2 Å². The maximum absolute atomic E-state index is 10.1. The van der Waals surface area contributed by atoms with Crippen LogP contribution in [0.4, 0.5) is 0 Å². The van der Waals surface area contributed by atoms with Crippen LogP contribution in [0.3, 0.4) is 0 Å². The molecular weight excluding hydrogens is 156 g/mol. The predicted octanol–water partition coefficient (Wildman–Crippen LogP) is 0.142. The zero-order valence-electron chi connectivity index (χ0n) is 8.00. The number of carbonyl (C=O) groups excluding carboxylic acids is 2. The van der Waals surface area contributed by atoms with E-state index in [4.69, 9.17) is 0 Å². The van der Waals surface area contributed by atoms with E-state index >= 15 is 0 Å². The Bertz CT molecular complexity index is 174. The summed E-state index contributed by atoms with van der Waals surface area (Å²) in [5.74, 6) is -0.299. The minimum atomic E-state index is -0.391. The minimum Gasteiger partial charge on any atom is -0.366 e. The van der Waals surface area contributed by atoms with Crippen molar-refractivity contribution in [3.63, 3.8) is 0 Å². The Kier molecular flexibility index (Phi) is 8.62. The Hall–Kier alpha value is -1.32. The van der Waals surface area contributed by atoms with Crippen LogP contribution in [0.5, 0.6) is 0 Å². The zero-order valence-corrected chi connectivity index (χ0v) is 8.00. The Morgan fingerprint density at radius 1 is 1.33 bits per heavy atom. The summed E-state index contributed by atoms with van der Waals surface area (Å²) in [7, 11) is 3.45. The van der Waals surface area contributed by atoms with Gasteiger partial charge in [0.15, 0.2) is 0 Å². The topological polar surface area (TPSA) is 63.4 Å². The number of nitrogens with zero attached hydrogens (tertiary/aromatic N) is 1. The van der Waals surface area contributed by atoms with E-state index < -0.39 is 5.91 Å². The Balaban J connectivity index is 0. The lowest BCUT2D eigenvalue weighted by Gasteiger charge is -2.02. The summed E-state index contributed by atoms with van der Waals surface area (Å²) in [5, 5.41) is 0.